The molecule has 1 saturated carbocycles. The molecular weight excluding hydrogens is 238 g/mol. The molecule has 1 aliphatic rings. The molecule has 0 saturated heterocycles. The molecule has 0 amide bonds. The van der Waals surface area contributed by atoms with E-state index in [-0.39, 0.29) is 6.10 Å². The predicted octanol–water partition coefficient (Wildman–Crippen LogP) is 3.77. The minimum atomic E-state index is 0.248. The van der Waals surface area contributed by atoms with E-state index in [0.717, 1.165) is 18.6 Å². The summed E-state index contributed by atoms with van der Waals surface area (Å²) in [5, 5.41) is 9.01. The summed E-state index contributed by atoms with van der Waals surface area (Å²) in [6.45, 7) is 4.55. The Morgan fingerprint density at radius 1 is 1.05 bits per heavy atom. The fourth-order valence-electron chi connectivity index (χ4n) is 2.98. The maximum Gasteiger partial charge on any atom is 0.124 e. The summed E-state index contributed by atoms with van der Waals surface area (Å²) in [5.41, 5.74) is 0.575. The number of hydrogen-bond acceptors (Lipinski definition) is 3. The molecule has 0 aliphatic heterocycles. The lowest BCUT2D eigenvalue weighted by molar-refractivity contribution is 0.101. The van der Waals surface area contributed by atoms with Crippen LogP contribution in [0.5, 0.6) is 11.5 Å². The van der Waals surface area contributed by atoms with E-state index in [1.807, 2.05) is 6.07 Å². The first kappa shape index (κ1) is 13.7. The Kier molecular flexibility index (Phi) is 4.31. The van der Waals surface area contributed by atoms with Crippen LogP contribution in [-0.2, 0) is 0 Å². The van der Waals surface area contributed by atoms with Crippen molar-refractivity contribution in [2.75, 3.05) is 7.11 Å². The fourth-order valence-corrected chi connectivity index (χ4v) is 2.98. The summed E-state index contributed by atoms with van der Waals surface area (Å²) >= 11 is 0. The Morgan fingerprint density at radius 2 is 1.68 bits per heavy atom. The van der Waals surface area contributed by atoms with Crippen LogP contribution in [0, 0.1) is 23.2 Å². The van der Waals surface area contributed by atoms with E-state index in [0.29, 0.717) is 23.1 Å². The van der Waals surface area contributed by atoms with E-state index in [9.17, 15) is 0 Å². The molecule has 2 atom stereocenters. The molecule has 0 spiro atoms. The lowest BCUT2D eigenvalue weighted by atomic mass is 9.82. The van der Waals surface area contributed by atoms with Gasteiger partial charge in [0.15, 0.2) is 0 Å². The average molecular weight is 259 g/mol. The van der Waals surface area contributed by atoms with Gasteiger partial charge in [0, 0.05) is 6.07 Å². The zero-order valence-electron chi connectivity index (χ0n) is 11.8. The number of methoxy groups -OCH3 is 1. The molecule has 0 bridgehead atoms. The van der Waals surface area contributed by atoms with Crippen molar-refractivity contribution in [2.45, 2.75) is 39.2 Å². The van der Waals surface area contributed by atoms with Gasteiger partial charge in [-0.1, -0.05) is 13.8 Å². The molecular formula is C16H21NO2. The van der Waals surface area contributed by atoms with Crippen LogP contribution in [0.3, 0.4) is 0 Å². The minimum absolute atomic E-state index is 0.248. The lowest BCUT2D eigenvalue weighted by Gasteiger charge is -2.31. The first-order valence-electron chi connectivity index (χ1n) is 6.86. The summed E-state index contributed by atoms with van der Waals surface area (Å²) in [7, 11) is 1.60. The van der Waals surface area contributed by atoms with Crippen molar-refractivity contribution in [3.05, 3.63) is 23.8 Å². The van der Waals surface area contributed by atoms with Crippen LogP contribution >= 0.6 is 0 Å². The highest BCUT2D eigenvalue weighted by molar-refractivity contribution is 5.43. The van der Waals surface area contributed by atoms with Gasteiger partial charge in [-0.05, 0) is 43.2 Å². The fraction of sp³-hybridized carbons (Fsp3) is 0.562. The molecule has 19 heavy (non-hydrogen) atoms. The van der Waals surface area contributed by atoms with Gasteiger partial charge in [-0.25, -0.2) is 0 Å². The summed E-state index contributed by atoms with van der Waals surface area (Å²) in [6, 6.07) is 7.49. The Balaban J connectivity index is 2.12. The molecule has 1 aromatic rings. The van der Waals surface area contributed by atoms with E-state index < -0.39 is 0 Å². The second kappa shape index (κ2) is 5.97. The van der Waals surface area contributed by atoms with Gasteiger partial charge in [-0.15, -0.1) is 0 Å². The Bertz CT molecular complexity index is 468. The van der Waals surface area contributed by atoms with Crippen LogP contribution in [0.4, 0.5) is 0 Å². The summed E-state index contributed by atoms with van der Waals surface area (Å²) in [5.74, 6) is 2.82. The average Bonchev–Trinajstić information content (AvgIpc) is 2.37. The van der Waals surface area contributed by atoms with Crippen LogP contribution in [0.1, 0.15) is 38.7 Å². The SMILES string of the molecule is COc1cc(C#N)cc(OC2CC(C)CC(C)C2)c1. The molecule has 0 N–H and O–H groups in total. The Labute approximate surface area is 115 Å². The first-order chi connectivity index (χ1) is 9.10. The van der Waals surface area contributed by atoms with Gasteiger partial charge in [-0.2, -0.15) is 5.26 Å². The second-order valence-corrected chi connectivity index (χ2v) is 5.67. The van der Waals surface area contributed by atoms with Gasteiger partial charge in [-0.3, -0.25) is 0 Å². The molecule has 0 heterocycles. The highest BCUT2D eigenvalue weighted by atomic mass is 16.5. The third-order valence-electron chi connectivity index (χ3n) is 3.68. The van der Waals surface area contributed by atoms with Gasteiger partial charge < -0.3 is 9.47 Å². The van der Waals surface area contributed by atoms with E-state index >= 15 is 0 Å². The van der Waals surface area contributed by atoms with Crippen LogP contribution < -0.4 is 9.47 Å². The molecule has 3 heteroatoms. The molecule has 3 nitrogen and oxygen atoms in total. The zero-order chi connectivity index (χ0) is 13.8. The zero-order valence-corrected chi connectivity index (χ0v) is 11.8. The normalized spacial score (nSPS) is 26.5. The van der Waals surface area contributed by atoms with Crippen molar-refractivity contribution in [2.24, 2.45) is 11.8 Å². The maximum absolute atomic E-state index is 9.01. The Hall–Kier alpha value is -1.69. The van der Waals surface area contributed by atoms with Gasteiger partial charge in [0.25, 0.3) is 0 Å². The third-order valence-corrected chi connectivity index (χ3v) is 3.68. The van der Waals surface area contributed by atoms with E-state index in [1.54, 1.807) is 19.2 Å². The number of nitrogens with zero attached hydrogens (tertiary/aromatic N) is 1. The van der Waals surface area contributed by atoms with E-state index in [4.69, 9.17) is 14.7 Å². The third kappa shape index (κ3) is 3.64. The highest BCUT2D eigenvalue weighted by Gasteiger charge is 2.25. The summed E-state index contributed by atoms with van der Waals surface area (Å²) in [6.07, 6.45) is 3.70. The number of nitriles is 1. The Morgan fingerprint density at radius 3 is 2.26 bits per heavy atom. The first-order valence-corrected chi connectivity index (χ1v) is 6.86. The molecule has 1 aliphatic carbocycles. The van der Waals surface area contributed by atoms with Crippen molar-refractivity contribution < 1.29 is 9.47 Å². The van der Waals surface area contributed by atoms with Gasteiger partial charge in [0.05, 0.1) is 24.8 Å². The van der Waals surface area contributed by atoms with Gasteiger partial charge in [0.2, 0.25) is 0 Å². The quantitative estimate of drug-likeness (QED) is 0.829. The molecule has 102 valence electrons. The predicted molar refractivity (Wildman–Crippen MR) is 74.3 cm³/mol. The summed E-state index contributed by atoms with van der Waals surface area (Å²) < 4.78 is 11.2. The monoisotopic (exact) mass is 259 g/mol. The molecule has 1 aromatic carbocycles. The highest BCUT2D eigenvalue weighted by Crippen LogP contribution is 2.32. The maximum atomic E-state index is 9.01. The van der Waals surface area contributed by atoms with Gasteiger partial charge >= 0.3 is 0 Å². The smallest absolute Gasteiger partial charge is 0.124 e. The van der Waals surface area contributed by atoms with Crippen molar-refractivity contribution in [3.63, 3.8) is 0 Å². The van der Waals surface area contributed by atoms with Crippen LogP contribution in [-0.4, -0.2) is 13.2 Å². The molecule has 0 radical (unpaired) electrons. The molecule has 1 fully saturated rings. The number of hydrogen-bond donors (Lipinski definition) is 0. The standard InChI is InChI=1S/C16H21NO2/c1-11-4-12(2)6-15(5-11)19-16-8-13(10-17)7-14(9-16)18-3/h7-9,11-12,15H,4-6H2,1-3H3. The topological polar surface area (TPSA) is 42.2 Å². The van der Waals surface area contributed by atoms with E-state index in [1.165, 1.54) is 6.42 Å². The molecule has 2 rings (SSSR count). The molecule has 2 unspecified atom stereocenters. The van der Waals surface area contributed by atoms with E-state index in [2.05, 4.69) is 19.9 Å². The van der Waals surface area contributed by atoms with Crippen LogP contribution in [0.15, 0.2) is 18.2 Å². The van der Waals surface area contributed by atoms with Crippen molar-refractivity contribution in [1.82, 2.24) is 0 Å². The van der Waals surface area contributed by atoms with Crippen molar-refractivity contribution in [1.29, 1.82) is 5.26 Å². The largest absolute Gasteiger partial charge is 0.497 e. The number of benzene rings is 1. The van der Waals surface area contributed by atoms with Crippen LogP contribution in [0.2, 0.25) is 0 Å². The number of ether oxygens (including phenoxy) is 2. The van der Waals surface area contributed by atoms with Crippen LogP contribution in [0.25, 0.3) is 0 Å². The van der Waals surface area contributed by atoms with Crippen molar-refractivity contribution in [3.8, 4) is 17.6 Å². The van der Waals surface area contributed by atoms with Crippen molar-refractivity contribution >= 4 is 0 Å². The lowest BCUT2D eigenvalue weighted by Crippen LogP contribution is -2.28. The number of rotatable bonds is 3. The van der Waals surface area contributed by atoms with Gasteiger partial charge in [0.1, 0.15) is 11.5 Å². The second-order valence-electron chi connectivity index (χ2n) is 5.67. The minimum Gasteiger partial charge on any atom is -0.497 e. The summed E-state index contributed by atoms with van der Waals surface area (Å²) in [4.78, 5) is 0. The molecule has 0 aromatic heterocycles.